The van der Waals surface area contributed by atoms with Gasteiger partial charge in [-0.2, -0.15) is 5.26 Å². The van der Waals surface area contributed by atoms with Crippen LogP contribution in [0.1, 0.15) is 5.56 Å². The molecule has 1 aromatic heterocycles. The molecule has 120 valence electrons. The van der Waals surface area contributed by atoms with Crippen LogP contribution < -0.4 is 4.74 Å². The van der Waals surface area contributed by atoms with E-state index in [1.54, 1.807) is 12.1 Å². The van der Waals surface area contributed by atoms with E-state index >= 15 is 0 Å². The molecule has 4 heteroatoms. The molecular weight excluding hydrogens is 315 g/mol. The fourth-order valence-electron chi connectivity index (χ4n) is 2.81. The third kappa shape index (κ3) is 2.84. The van der Waals surface area contributed by atoms with Crippen LogP contribution in [0.2, 0.25) is 0 Å². The number of hydrogen-bond acceptors (Lipinski definition) is 2. The Labute approximate surface area is 144 Å². The van der Waals surface area contributed by atoms with Crippen LogP contribution in [0, 0.1) is 17.1 Å². The van der Waals surface area contributed by atoms with Gasteiger partial charge in [-0.3, -0.25) is 0 Å². The number of ether oxygens (including phenoxy) is 1. The van der Waals surface area contributed by atoms with Crippen molar-refractivity contribution in [2.75, 3.05) is 0 Å². The van der Waals surface area contributed by atoms with Crippen LogP contribution in [0.3, 0.4) is 0 Å². The summed E-state index contributed by atoms with van der Waals surface area (Å²) in [6, 6.07) is 23.3. The van der Waals surface area contributed by atoms with Crippen LogP contribution >= 0.6 is 0 Å². The molecule has 25 heavy (non-hydrogen) atoms. The topological polar surface area (TPSA) is 38.0 Å². The number of halogens is 1. The smallest absolute Gasteiger partial charge is 0.127 e. The molecule has 0 aliphatic heterocycles. The summed E-state index contributed by atoms with van der Waals surface area (Å²) in [7, 11) is 0. The average Bonchev–Trinajstić information content (AvgIpc) is 3.08. The number of fused-ring (bicyclic) bond motifs is 1. The SMILES string of the molecule is N#Cc1cccc2ccn(-c3ccc(Oc4ccc(F)cc4)cc3)c12. The van der Waals surface area contributed by atoms with Crippen molar-refractivity contribution in [3.05, 3.63) is 90.4 Å². The largest absolute Gasteiger partial charge is 0.457 e. The number of hydrogen-bond donors (Lipinski definition) is 0. The van der Waals surface area contributed by atoms with Crippen LogP contribution in [0.25, 0.3) is 16.6 Å². The van der Waals surface area contributed by atoms with Crippen molar-refractivity contribution in [3.8, 4) is 23.3 Å². The monoisotopic (exact) mass is 328 g/mol. The van der Waals surface area contributed by atoms with E-state index < -0.39 is 0 Å². The number of benzene rings is 3. The van der Waals surface area contributed by atoms with E-state index in [9.17, 15) is 9.65 Å². The molecule has 3 nitrogen and oxygen atoms in total. The van der Waals surface area contributed by atoms with Gasteiger partial charge in [0.2, 0.25) is 0 Å². The normalized spacial score (nSPS) is 10.6. The van der Waals surface area contributed by atoms with E-state index in [0.29, 0.717) is 17.1 Å². The van der Waals surface area contributed by atoms with Gasteiger partial charge in [-0.25, -0.2) is 4.39 Å². The standard InChI is InChI=1S/C21H13FN2O/c22-17-4-8-19(9-5-17)25-20-10-6-18(7-11-20)24-13-12-15-2-1-3-16(14-23)21(15)24/h1-13H. The number of aromatic nitrogens is 1. The zero-order valence-electron chi connectivity index (χ0n) is 13.2. The predicted octanol–water partition coefficient (Wildman–Crippen LogP) is 5.43. The van der Waals surface area contributed by atoms with Crippen molar-refractivity contribution in [2.45, 2.75) is 0 Å². The first-order chi connectivity index (χ1) is 12.2. The molecule has 0 N–H and O–H groups in total. The molecule has 0 unspecified atom stereocenters. The zero-order valence-corrected chi connectivity index (χ0v) is 13.2. The van der Waals surface area contributed by atoms with Crippen LogP contribution in [0.15, 0.2) is 79.0 Å². The Kier molecular flexibility index (Phi) is 3.68. The van der Waals surface area contributed by atoms with Crippen LogP contribution in [-0.4, -0.2) is 4.57 Å². The molecule has 1 heterocycles. The summed E-state index contributed by atoms with van der Waals surface area (Å²) < 4.78 is 20.6. The lowest BCUT2D eigenvalue weighted by molar-refractivity contribution is 0.480. The second kappa shape index (κ2) is 6.14. The molecule has 0 saturated carbocycles. The van der Waals surface area contributed by atoms with Crippen LogP contribution in [-0.2, 0) is 0 Å². The molecule has 0 radical (unpaired) electrons. The molecule has 4 rings (SSSR count). The molecule has 3 aromatic carbocycles. The zero-order chi connectivity index (χ0) is 17.2. The van der Waals surface area contributed by atoms with Gasteiger partial charge >= 0.3 is 0 Å². The van der Waals surface area contributed by atoms with Crippen LogP contribution in [0.4, 0.5) is 4.39 Å². The van der Waals surface area contributed by atoms with E-state index in [1.807, 2.05) is 59.3 Å². The van der Waals surface area contributed by atoms with Crippen molar-refractivity contribution < 1.29 is 9.13 Å². The minimum atomic E-state index is -0.296. The fourth-order valence-corrected chi connectivity index (χ4v) is 2.81. The van der Waals surface area contributed by atoms with Crippen LogP contribution in [0.5, 0.6) is 11.5 Å². The Morgan fingerprint density at radius 1 is 0.840 bits per heavy atom. The van der Waals surface area contributed by atoms with Gasteiger partial charge in [0.15, 0.2) is 0 Å². The van der Waals surface area contributed by atoms with E-state index in [0.717, 1.165) is 16.6 Å². The highest BCUT2D eigenvalue weighted by Gasteiger charge is 2.08. The van der Waals surface area contributed by atoms with Gasteiger partial charge in [0.05, 0.1) is 11.1 Å². The van der Waals surface area contributed by atoms with Gasteiger partial charge in [-0.05, 0) is 60.7 Å². The second-order valence-corrected chi connectivity index (χ2v) is 5.59. The lowest BCUT2D eigenvalue weighted by atomic mass is 10.1. The maximum absolute atomic E-state index is 12.9. The fraction of sp³-hybridized carbons (Fsp3) is 0. The third-order valence-electron chi connectivity index (χ3n) is 4.00. The van der Waals surface area contributed by atoms with E-state index in [2.05, 4.69) is 6.07 Å². The summed E-state index contributed by atoms with van der Waals surface area (Å²) in [6.45, 7) is 0. The number of para-hydroxylation sites is 1. The highest BCUT2D eigenvalue weighted by atomic mass is 19.1. The second-order valence-electron chi connectivity index (χ2n) is 5.59. The van der Waals surface area contributed by atoms with Crippen molar-refractivity contribution in [1.82, 2.24) is 4.57 Å². The van der Waals surface area contributed by atoms with E-state index in [4.69, 9.17) is 4.74 Å². The van der Waals surface area contributed by atoms with Crippen molar-refractivity contribution in [3.63, 3.8) is 0 Å². The highest BCUT2D eigenvalue weighted by molar-refractivity contribution is 5.87. The number of rotatable bonds is 3. The van der Waals surface area contributed by atoms with Crippen molar-refractivity contribution in [1.29, 1.82) is 5.26 Å². The first-order valence-corrected chi connectivity index (χ1v) is 7.79. The Balaban J connectivity index is 1.67. The van der Waals surface area contributed by atoms with Gasteiger partial charge in [-0.15, -0.1) is 0 Å². The molecule has 0 atom stereocenters. The molecule has 0 aliphatic carbocycles. The minimum Gasteiger partial charge on any atom is -0.457 e. The molecular formula is C21H13FN2O. The number of nitrogens with zero attached hydrogens (tertiary/aromatic N) is 2. The van der Waals surface area contributed by atoms with Gasteiger partial charge in [0.25, 0.3) is 0 Å². The quantitative estimate of drug-likeness (QED) is 0.502. The van der Waals surface area contributed by atoms with Crippen molar-refractivity contribution in [2.24, 2.45) is 0 Å². The van der Waals surface area contributed by atoms with Gasteiger partial charge in [0.1, 0.15) is 23.4 Å². The van der Waals surface area contributed by atoms with E-state index in [-0.39, 0.29) is 5.82 Å². The molecule has 0 spiro atoms. The van der Waals surface area contributed by atoms with Gasteiger partial charge in [-0.1, -0.05) is 12.1 Å². The van der Waals surface area contributed by atoms with Gasteiger partial charge < -0.3 is 9.30 Å². The Hall–Kier alpha value is -3.58. The maximum Gasteiger partial charge on any atom is 0.127 e. The first kappa shape index (κ1) is 15.0. The number of nitriles is 1. The molecule has 0 amide bonds. The third-order valence-corrected chi connectivity index (χ3v) is 4.00. The maximum atomic E-state index is 12.9. The summed E-state index contributed by atoms with van der Waals surface area (Å²) >= 11 is 0. The molecule has 0 saturated heterocycles. The Morgan fingerprint density at radius 3 is 2.20 bits per heavy atom. The average molecular weight is 328 g/mol. The summed E-state index contributed by atoms with van der Waals surface area (Å²) in [6.07, 6.45) is 1.95. The molecule has 0 aliphatic rings. The Bertz CT molecular complexity index is 1070. The van der Waals surface area contributed by atoms with E-state index in [1.165, 1.54) is 12.1 Å². The van der Waals surface area contributed by atoms with Gasteiger partial charge in [0, 0.05) is 17.3 Å². The summed E-state index contributed by atoms with van der Waals surface area (Å²) in [4.78, 5) is 0. The first-order valence-electron chi connectivity index (χ1n) is 7.79. The Morgan fingerprint density at radius 2 is 1.52 bits per heavy atom. The van der Waals surface area contributed by atoms with Crippen molar-refractivity contribution >= 4 is 10.9 Å². The predicted molar refractivity (Wildman–Crippen MR) is 94.5 cm³/mol. The summed E-state index contributed by atoms with van der Waals surface area (Å²) in [5, 5.41) is 10.4. The molecule has 0 fully saturated rings. The lowest BCUT2D eigenvalue weighted by Gasteiger charge is -2.09. The summed E-state index contributed by atoms with van der Waals surface area (Å²) in [5.74, 6) is 0.940. The molecule has 0 bridgehead atoms. The summed E-state index contributed by atoms with van der Waals surface area (Å²) in [5.41, 5.74) is 2.45. The highest BCUT2D eigenvalue weighted by Crippen LogP contribution is 2.26. The minimum absolute atomic E-state index is 0.296. The molecule has 4 aromatic rings. The lowest BCUT2D eigenvalue weighted by Crippen LogP contribution is -1.94.